The second-order valence-corrected chi connectivity index (χ2v) is 6.55. The van der Waals surface area contributed by atoms with E-state index >= 15 is 0 Å². The van der Waals surface area contributed by atoms with Crippen molar-refractivity contribution in [1.82, 2.24) is 25.1 Å². The minimum absolute atomic E-state index is 0.141. The second-order valence-electron chi connectivity index (χ2n) is 6.55. The summed E-state index contributed by atoms with van der Waals surface area (Å²) in [4.78, 5) is 14.8. The summed E-state index contributed by atoms with van der Waals surface area (Å²) in [5, 5.41) is 20.3. The quantitative estimate of drug-likeness (QED) is 0.624. The van der Waals surface area contributed by atoms with E-state index in [4.69, 9.17) is 0 Å². The zero-order chi connectivity index (χ0) is 19.5. The molecular formula is C19H20FN7O. The summed E-state index contributed by atoms with van der Waals surface area (Å²) < 4.78 is 13.3. The Hall–Kier alpha value is -3.33. The molecule has 0 spiro atoms. The highest BCUT2D eigenvalue weighted by Gasteiger charge is 2.34. The molecule has 28 heavy (non-hydrogen) atoms. The summed E-state index contributed by atoms with van der Waals surface area (Å²) >= 11 is 0. The molecule has 1 saturated heterocycles. The average molecular weight is 381 g/mol. The van der Waals surface area contributed by atoms with Crippen LogP contribution in [0.2, 0.25) is 0 Å². The highest BCUT2D eigenvalue weighted by molar-refractivity contribution is 5.55. The van der Waals surface area contributed by atoms with Gasteiger partial charge in [-0.2, -0.15) is 10.1 Å². The van der Waals surface area contributed by atoms with Gasteiger partial charge in [-0.3, -0.25) is 5.10 Å². The Kier molecular flexibility index (Phi) is 4.98. The van der Waals surface area contributed by atoms with Gasteiger partial charge in [0, 0.05) is 12.6 Å². The number of aromatic amines is 1. The summed E-state index contributed by atoms with van der Waals surface area (Å²) in [5.41, 5.74) is 1.76. The zero-order valence-corrected chi connectivity index (χ0v) is 15.2. The minimum Gasteiger partial charge on any atom is -0.391 e. The predicted molar refractivity (Wildman–Crippen MR) is 104 cm³/mol. The molecule has 1 aliphatic rings. The molecule has 0 amide bonds. The summed E-state index contributed by atoms with van der Waals surface area (Å²) in [6.45, 7) is 2.31. The number of nitrogens with zero attached hydrogens (tertiary/aromatic N) is 5. The lowest BCUT2D eigenvalue weighted by atomic mass is 10.0. The van der Waals surface area contributed by atoms with Gasteiger partial charge in [-0.05, 0) is 37.1 Å². The Morgan fingerprint density at radius 1 is 1.29 bits per heavy atom. The third kappa shape index (κ3) is 3.84. The number of H-pyrrole nitrogens is 1. The molecule has 144 valence electrons. The minimum atomic E-state index is -0.516. The lowest BCUT2D eigenvalue weighted by Crippen LogP contribution is -2.26. The topological polar surface area (TPSA) is 103 Å². The standard InChI is InChI=1S/C19H20FN7O/c1-2-3-14-8-17(26-25-14)23-18-21-11-22-19(24-18)27-10-15(28)9-16(27)12-4-6-13(20)7-5-12/h2-8,11,15-16,28H,9-10H2,1H3,(H2,21,22,23,24,25,26)/b3-2+. The van der Waals surface area contributed by atoms with Crippen LogP contribution in [0.15, 0.2) is 42.7 Å². The van der Waals surface area contributed by atoms with Gasteiger partial charge in [0.05, 0.1) is 17.8 Å². The number of allylic oxidation sites excluding steroid dienone is 1. The molecule has 0 saturated carbocycles. The first-order valence-corrected chi connectivity index (χ1v) is 8.96. The van der Waals surface area contributed by atoms with Crippen LogP contribution in [0.3, 0.4) is 0 Å². The first-order valence-electron chi connectivity index (χ1n) is 8.96. The molecular weight excluding hydrogens is 361 g/mol. The number of nitrogens with one attached hydrogen (secondary N) is 2. The van der Waals surface area contributed by atoms with E-state index in [1.54, 1.807) is 12.1 Å². The van der Waals surface area contributed by atoms with Crippen LogP contribution in [0.5, 0.6) is 0 Å². The zero-order valence-electron chi connectivity index (χ0n) is 15.2. The van der Waals surface area contributed by atoms with Gasteiger partial charge in [0.15, 0.2) is 5.82 Å². The van der Waals surface area contributed by atoms with Gasteiger partial charge in [-0.25, -0.2) is 14.4 Å². The Labute approximate surface area is 161 Å². The Morgan fingerprint density at radius 2 is 2.11 bits per heavy atom. The molecule has 9 heteroatoms. The van der Waals surface area contributed by atoms with Crippen LogP contribution >= 0.6 is 0 Å². The van der Waals surface area contributed by atoms with Gasteiger partial charge < -0.3 is 15.3 Å². The largest absolute Gasteiger partial charge is 0.391 e. The van der Waals surface area contributed by atoms with E-state index in [-0.39, 0.29) is 11.9 Å². The molecule has 2 atom stereocenters. The fourth-order valence-corrected chi connectivity index (χ4v) is 3.30. The number of hydrogen-bond donors (Lipinski definition) is 3. The number of rotatable bonds is 5. The molecule has 0 radical (unpaired) electrons. The number of benzene rings is 1. The molecule has 1 aliphatic heterocycles. The van der Waals surface area contributed by atoms with Crippen LogP contribution in [0, 0.1) is 5.82 Å². The van der Waals surface area contributed by atoms with Crippen molar-refractivity contribution in [2.24, 2.45) is 0 Å². The third-order valence-corrected chi connectivity index (χ3v) is 4.53. The molecule has 3 N–H and O–H groups in total. The van der Waals surface area contributed by atoms with E-state index in [0.29, 0.717) is 30.7 Å². The second kappa shape index (κ2) is 7.73. The molecule has 8 nitrogen and oxygen atoms in total. The van der Waals surface area contributed by atoms with E-state index in [1.807, 2.05) is 30.0 Å². The van der Waals surface area contributed by atoms with Gasteiger partial charge in [0.1, 0.15) is 12.1 Å². The first kappa shape index (κ1) is 18.1. The lowest BCUT2D eigenvalue weighted by molar-refractivity contribution is 0.194. The molecule has 0 aliphatic carbocycles. The fraction of sp³-hybridized carbons (Fsp3) is 0.263. The molecule has 2 unspecified atom stereocenters. The molecule has 1 aromatic carbocycles. The predicted octanol–water partition coefficient (Wildman–Crippen LogP) is 2.82. The maximum atomic E-state index is 13.3. The lowest BCUT2D eigenvalue weighted by Gasteiger charge is -2.24. The number of aliphatic hydroxyl groups is 1. The molecule has 4 rings (SSSR count). The molecule has 1 fully saturated rings. The van der Waals surface area contributed by atoms with Crippen LogP contribution < -0.4 is 10.2 Å². The molecule has 3 heterocycles. The summed E-state index contributed by atoms with van der Waals surface area (Å²) in [6, 6.07) is 7.97. The number of aliphatic hydroxyl groups excluding tert-OH is 1. The van der Waals surface area contributed by atoms with E-state index in [0.717, 1.165) is 11.3 Å². The van der Waals surface area contributed by atoms with E-state index in [9.17, 15) is 9.50 Å². The third-order valence-electron chi connectivity index (χ3n) is 4.53. The summed E-state index contributed by atoms with van der Waals surface area (Å²) in [6.07, 6.45) is 5.23. The van der Waals surface area contributed by atoms with Crippen molar-refractivity contribution in [3.8, 4) is 0 Å². The Bertz CT molecular complexity index is 972. The van der Waals surface area contributed by atoms with Crippen molar-refractivity contribution in [3.63, 3.8) is 0 Å². The number of β-amino-alcohol motifs (C(OH)–C–C–N with tert-alkyl or cyclic N) is 1. The first-order chi connectivity index (χ1) is 13.6. The summed E-state index contributed by atoms with van der Waals surface area (Å²) in [7, 11) is 0. The number of anilines is 3. The maximum Gasteiger partial charge on any atom is 0.233 e. The monoisotopic (exact) mass is 381 g/mol. The summed E-state index contributed by atoms with van der Waals surface area (Å²) in [5.74, 6) is 1.08. The van der Waals surface area contributed by atoms with Crippen LogP contribution in [0.4, 0.5) is 22.1 Å². The van der Waals surface area contributed by atoms with Crippen molar-refractivity contribution in [1.29, 1.82) is 0 Å². The van der Waals surface area contributed by atoms with Gasteiger partial charge in [-0.15, -0.1) is 0 Å². The van der Waals surface area contributed by atoms with Crippen LogP contribution in [-0.4, -0.2) is 42.9 Å². The van der Waals surface area contributed by atoms with Crippen LogP contribution in [-0.2, 0) is 0 Å². The molecule has 2 aromatic heterocycles. The van der Waals surface area contributed by atoms with E-state index < -0.39 is 6.10 Å². The SMILES string of the molecule is C/C=C/c1cc(Nc2ncnc(N3CC(O)CC3c3ccc(F)cc3)n2)n[nH]1. The van der Waals surface area contributed by atoms with E-state index in [2.05, 4.69) is 30.5 Å². The smallest absolute Gasteiger partial charge is 0.233 e. The van der Waals surface area contributed by atoms with Crippen molar-refractivity contribution in [3.05, 3.63) is 59.8 Å². The molecule has 0 bridgehead atoms. The number of aromatic nitrogens is 5. The van der Waals surface area contributed by atoms with Gasteiger partial charge >= 0.3 is 0 Å². The van der Waals surface area contributed by atoms with Crippen LogP contribution in [0.25, 0.3) is 6.08 Å². The van der Waals surface area contributed by atoms with Crippen molar-refractivity contribution in [2.75, 3.05) is 16.8 Å². The number of halogens is 1. The van der Waals surface area contributed by atoms with Crippen molar-refractivity contribution in [2.45, 2.75) is 25.5 Å². The molecule has 3 aromatic rings. The van der Waals surface area contributed by atoms with E-state index in [1.165, 1.54) is 18.5 Å². The maximum absolute atomic E-state index is 13.3. The fourth-order valence-electron chi connectivity index (χ4n) is 3.30. The Balaban J connectivity index is 1.57. The normalized spacial score (nSPS) is 19.5. The van der Waals surface area contributed by atoms with Gasteiger partial charge in [-0.1, -0.05) is 18.2 Å². The Morgan fingerprint density at radius 3 is 2.89 bits per heavy atom. The van der Waals surface area contributed by atoms with Crippen molar-refractivity contribution < 1.29 is 9.50 Å². The van der Waals surface area contributed by atoms with Crippen LogP contribution in [0.1, 0.15) is 30.6 Å². The average Bonchev–Trinajstić information content (AvgIpc) is 3.29. The highest BCUT2D eigenvalue weighted by atomic mass is 19.1. The van der Waals surface area contributed by atoms with Crippen molar-refractivity contribution >= 4 is 23.8 Å². The van der Waals surface area contributed by atoms with Gasteiger partial charge in [0.25, 0.3) is 0 Å². The highest BCUT2D eigenvalue weighted by Crippen LogP contribution is 2.34. The van der Waals surface area contributed by atoms with Gasteiger partial charge in [0.2, 0.25) is 11.9 Å². The number of hydrogen-bond acceptors (Lipinski definition) is 7.